The molecule has 1 aliphatic heterocycles. The van der Waals surface area contributed by atoms with Crippen LogP contribution in [0.4, 0.5) is 30.7 Å². The Hall–Kier alpha value is -5.29. The van der Waals surface area contributed by atoms with E-state index in [4.69, 9.17) is 10.5 Å². The van der Waals surface area contributed by atoms with Crippen molar-refractivity contribution in [1.29, 1.82) is 0 Å². The number of carbonyl (C=O) groups is 2. The van der Waals surface area contributed by atoms with Gasteiger partial charge in [0.2, 0.25) is 0 Å². The van der Waals surface area contributed by atoms with Crippen LogP contribution in [0.5, 0.6) is 0 Å². The number of benzene rings is 2. The number of hydrogen-bond donors (Lipinski definition) is 1. The maximum absolute atomic E-state index is 15.8. The van der Waals surface area contributed by atoms with Crippen molar-refractivity contribution in [2.24, 2.45) is 21.6 Å². The van der Waals surface area contributed by atoms with Crippen LogP contribution in [-0.4, -0.2) is 59.8 Å². The van der Waals surface area contributed by atoms with Crippen molar-refractivity contribution in [3.63, 3.8) is 0 Å². The Balaban J connectivity index is 1.38. The van der Waals surface area contributed by atoms with Gasteiger partial charge in [-0.3, -0.25) is 14.5 Å². The van der Waals surface area contributed by atoms with Gasteiger partial charge in [-0.15, -0.1) is 0 Å². The number of guanidine groups is 1. The lowest BCUT2D eigenvalue weighted by Gasteiger charge is -2.35. The zero-order chi connectivity index (χ0) is 39.4. The lowest BCUT2D eigenvalue weighted by atomic mass is 9.75. The topological polar surface area (TPSA) is 134 Å². The number of rotatable bonds is 13. The highest BCUT2D eigenvalue weighted by atomic mass is 19.3. The summed E-state index contributed by atoms with van der Waals surface area (Å²) in [6.45, 7) is 2.83. The Labute approximate surface area is 305 Å². The summed E-state index contributed by atoms with van der Waals surface area (Å²) >= 11 is 0. The summed E-state index contributed by atoms with van der Waals surface area (Å²) in [6, 6.07) is 8.41. The predicted molar refractivity (Wildman–Crippen MR) is 180 cm³/mol. The first-order valence-electron chi connectivity index (χ1n) is 16.9. The largest absolute Gasteiger partial charge is 0.463 e. The van der Waals surface area contributed by atoms with E-state index in [1.807, 2.05) is 20.8 Å². The minimum atomic E-state index is -3.16. The number of carbonyl (C=O) groups excluding carboxylic acids is 2. The number of nitrogens with zero attached hydrogens (tertiary/aromatic N) is 7. The highest BCUT2D eigenvalue weighted by molar-refractivity contribution is 6.07. The van der Waals surface area contributed by atoms with Crippen LogP contribution < -0.4 is 5.73 Å². The molecule has 1 amide bonds. The third-order valence-corrected chi connectivity index (χ3v) is 9.74. The van der Waals surface area contributed by atoms with Crippen LogP contribution in [-0.2, 0) is 19.9 Å². The van der Waals surface area contributed by atoms with Crippen LogP contribution in [0, 0.1) is 16.6 Å². The fraction of sp³-hybridized carbons (Fsp3) is 0.444. The van der Waals surface area contributed by atoms with Crippen molar-refractivity contribution in [2.45, 2.75) is 83.9 Å². The number of halogens is 7. The number of esters is 1. The summed E-state index contributed by atoms with van der Waals surface area (Å²) in [4.78, 5) is 37.1. The van der Waals surface area contributed by atoms with Crippen molar-refractivity contribution in [3.05, 3.63) is 84.0 Å². The minimum absolute atomic E-state index is 0.00849. The number of aromatic nitrogens is 5. The number of ether oxygens (including phenoxy) is 1. The Morgan fingerprint density at radius 3 is 2.24 bits per heavy atom. The number of alkyl halides is 6. The van der Waals surface area contributed by atoms with Gasteiger partial charge in [-0.05, 0) is 60.4 Å². The molecule has 18 heteroatoms. The second-order valence-corrected chi connectivity index (χ2v) is 14.9. The molecule has 0 radical (unpaired) electrons. The molecule has 2 aromatic carbocycles. The first kappa shape index (κ1) is 38.4. The van der Waals surface area contributed by atoms with Gasteiger partial charge >= 0.3 is 12.5 Å². The van der Waals surface area contributed by atoms with Gasteiger partial charge in [-0.1, -0.05) is 51.1 Å². The molecule has 2 aromatic heterocycles. The average Bonchev–Trinajstić information content (AvgIpc) is 3.40. The van der Waals surface area contributed by atoms with Crippen LogP contribution in [0.1, 0.15) is 89.3 Å². The Morgan fingerprint density at radius 2 is 1.69 bits per heavy atom. The molecule has 0 unspecified atom stereocenters. The molecule has 2 atom stereocenters. The van der Waals surface area contributed by atoms with Crippen molar-refractivity contribution < 1.29 is 45.1 Å². The van der Waals surface area contributed by atoms with Crippen molar-refractivity contribution >= 4 is 17.8 Å². The summed E-state index contributed by atoms with van der Waals surface area (Å²) in [5, 5.41) is 7.36. The molecule has 288 valence electrons. The second kappa shape index (κ2) is 13.8. The zero-order valence-electron chi connectivity index (χ0n) is 29.6. The molecule has 54 heavy (non-hydrogen) atoms. The SMILES string of the molecule is CC(C)(C)C[C@]1(c2ccc(-c3cnn(C(F)F)c3)cc2)N=C(N)N([C@H](COC(=O)CC2(C(C)(F)F)CC2)c2ccc(-n3ncnc3C(F)F)c(F)c2)C1=O. The molecule has 3 heterocycles. The van der Waals surface area contributed by atoms with Gasteiger partial charge in [0.1, 0.15) is 24.4 Å². The van der Waals surface area contributed by atoms with E-state index in [2.05, 4.69) is 20.2 Å². The van der Waals surface area contributed by atoms with Gasteiger partial charge in [0.05, 0.1) is 18.7 Å². The molecular weight excluding hydrogens is 725 g/mol. The molecule has 11 nitrogen and oxygen atoms in total. The fourth-order valence-electron chi connectivity index (χ4n) is 6.83. The lowest BCUT2D eigenvalue weighted by molar-refractivity contribution is -0.153. The summed E-state index contributed by atoms with van der Waals surface area (Å²) in [5.74, 6) is -7.01. The minimum Gasteiger partial charge on any atom is -0.463 e. The molecule has 0 saturated heterocycles. The average molecular weight is 763 g/mol. The van der Waals surface area contributed by atoms with E-state index in [9.17, 15) is 35.9 Å². The third kappa shape index (κ3) is 7.29. The summed E-state index contributed by atoms with van der Waals surface area (Å²) < 4.78 is 105. The standard InChI is InChI=1S/C36H37F7N8O3/c1-33(2,3)18-36(23-8-5-20(6-9-23)22-15-46-49(16-22)31(40)41)30(53)50(32(44)48-36)26(17-54-27(52)14-35(11-12-35)34(4,42)43)21-7-10-25(24(37)13-21)51-29(28(38)39)45-19-47-51/h5-10,13,15-16,19,26,28,31H,11-12,14,17-18H2,1-4H3,(H2,44,48)/t26-,36-/m1/s1. The molecule has 2 N–H and O–H groups in total. The van der Waals surface area contributed by atoms with Crippen LogP contribution in [0.3, 0.4) is 0 Å². The highest BCUT2D eigenvalue weighted by Crippen LogP contribution is 2.59. The lowest BCUT2D eigenvalue weighted by Crippen LogP contribution is -2.47. The van der Waals surface area contributed by atoms with Crippen LogP contribution in [0.2, 0.25) is 0 Å². The molecular formula is C36H37F7N8O3. The van der Waals surface area contributed by atoms with E-state index >= 15 is 4.39 Å². The Kier molecular flexibility index (Phi) is 9.85. The van der Waals surface area contributed by atoms with Gasteiger partial charge in [0.25, 0.3) is 18.3 Å². The second-order valence-electron chi connectivity index (χ2n) is 14.9. The maximum atomic E-state index is 15.8. The smallest absolute Gasteiger partial charge is 0.333 e. The number of aliphatic imine (C=N–C) groups is 1. The van der Waals surface area contributed by atoms with E-state index in [-0.39, 0.29) is 30.8 Å². The van der Waals surface area contributed by atoms with Gasteiger partial charge in [-0.2, -0.15) is 19.0 Å². The normalized spacial score (nSPS) is 19.1. The predicted octanol–water partition coefficient (Wildman–Crippen LogP) is 7.50. The number of nitrogens with two attached hydrogens (primary N) is 1. The summed E-state index contributed by atoms with van der Waals surface area (Å²) in [5.41, 5.74) is 3.60. The first-order valence-corrected chi connectivity index (χ1v) is 16.9. The van der Waals surface area contributed by atoms with Gasteiger partial charge < -0.3 is 10.5 Å². The van der Waals surface area contributed by atoms with Gasteiger partial charge in [0.15, 0.2) is 17.3 Å². The van der Waals surface area contributed by atoms with Crippen LogP contribution in [0.15, 0.2) is 66.2 Å². The van der Waals surface area contributed by atoms with Crippen LogP contribution >= 0.6 is 0 Å². The molecule has 1 saturated carbocycles. The highest BCUT2D eigenvalue weighted by Gasteiger charge is 2.60. The zero-order valence-corrected chi connectivity index (χ0v) is 29.6. The van der Waals surface area contributed by atoms with Gasteiger partial charge in [-0.25, -0.2) is 41.3 Å². The monoisotopic (exact) mass is 762 g/mol. The first-order chi connectivity index (χ1) is 25.2. The molecule has 1 fully saturated rings. The molecule has 2 aliphatic rings. The van der Waals surface area contributed by atoms with E-state index < -0.39 is 83.5 Å². The van der Waals surface area contributed by atoms with Crippen molar-refractivity contribution in [3.8, 4) is 16.8 Å². The Morgan fingerprint density at radius 1 is 1.00 bits per heavy atom. The maximum Gasteiger partial charge on any atom is 0.333 e. The quantitative estimate of drug-likeness (QED) is 0.110. The molecule has 1 aliphatic carbocycles. The summed E-state index contributed by atoms with van der Waals surface area (Å²) in [7, 11) is 0. The van der Waals surface area contributed by atoms with E-state index in [1.54, 1.807) is 24.3 Å². The van der Waals surface area contributed by atoms with Crippen molar-refractivity contribution in [2.75, 3.05) is 6.61 Å². The molecule has 4 aromatic rings. The van der Waals surface area contributed by atoms with E-state index in [0.29, 0.717) is 26.1 Å². The van der Waals surface area contributed by atoms with Crippen LogP contribution in [0.25, 0.3) is 16.8 Å². The van der Waals surface area contributed by atoms with E-state index in [0.717, 1.165) is 30.3 Å². The summed E-state index contributed by atoms with van der Waals surface area (Å²) in [6.07, 6.45) is -0.102. The van der Waals surface area contributed by atoms with Gasteiger partial charge in [0, 0.05) is 17.2 Å². The number of amides is 1. The number of hydrogen-bond acceptors (Lipinski definition) is 8. The molecule has 0 bridgehead atoms. The van der Waals surface area contributed by atoms with E-state index in [1.165, 1.54) is 18.5 Å². The molecule has 0 spiro atoms. The fourth-order valence-corrected chi connectivity index (χ4v) is 6.83. The third-order valence-electron chi connectivity index (χ3n) is 9.74. The molecule has 6 rings (SSSR count). The Bertz CT molecular complexity index is 2070. The van der Waals surface area contributed by atoms with Crippen molar-refractivity contribution in [1.82, 2.24) is 29.4 Å².